The maximum absolute atomic E-state index is 13.6. The molecule has 0 amide bonds. The Hall–Kier alpha value is -2.59. The topological polar surface area (TPSA) is 52.5 Å². The number of hydrogen-bond donors (Lipinski definition) is 0. The summed E-state index contributed by atoms with van der Waals surface area (Å²) in [4.78, 5) is 0. The molecular weight excluding hydrogens is 229 g/mol. The van der Waals surface area contributed by atoms with Gasteiger partial charge in [-0.15, -0.1) is 0 Å². The van der Waals surface area contributed by atoms with Crippen LogP contribution in [0.2, 0.25) is 0 Å². The molecule has 18 heavy (non-hydrogen) atoms. The predicted octanol–water partition coefficient (Wildman–Crippen LogP) is 2.69. The van der Waals surface area contributed by atoms with Crippen LogP contribution in [-0.4, -0.2) is 4.57 Å². The van der Waals surface area contributed by atoms with E-state index in [9.17, 15) is 9.65 Å². The van der Waals surface area contributed by atoms with Crippen LogP contribution < -0.4 is 0 Å². The van der Waals surface area contributed by atoms with Gasteiger partial charge in [-0.3, -0.25) is 0 Å². The Labute approximate surface area is 104 Å². The molecule has 0 unspecified atom stereocenters. The Morgan fingerprint density at radius 1 is 1.22 bits per heavy atom. The van der Waals surface area contributed by atoms with E-state index < -0.39 is 11.7 Å². The smallest absolute Gasteiger partial charge is 0.141 e. The molecule has 3 nitrogen and oxygen atoms in total. The van der Waals surface area contributed by atoms with Crippen LogP contribution >= 0.6 is 0 Å². The van der Waals surface area contributed by atoms with Crippen molar-refractivity contribution >= 4 is 0 Å². The summed E-state index contributed by atoms with van der Waals surface area (Å²) in [5.41, 5.74) is 1.08. The number of rotatable bonds is 2. The van der Waals surface area contributed by atoms with Crippen molar-refractivity contribution < 1.29 is 4.39 Å². The average Bonchev–Trinajstić information content (AvgIpc) is 2.77. The second-order valence-electron chi connectivity index (χ2n) is 3.92. The number of nitriles is 2. The molecule has 88 valence electrons. The summed E-state index contributed by atoms with van der Waals surface area (Å²) in [6.45, 7) is 0. The third-order valence-electron chi connectivity index (χ3n) is 2.88. The SMILES string of the molecule is Cn1cccc1[C@@H](C#N)c1cccc(F)c1C#N. The summed E-state index contributed by atoms with van der Waals surface area (Å²) in [7, 11) is 1.81. The molecule has 0 saturated carbocycles. The fourth-order valence-corrected chi connectivity index (χ4v) is 1.97. The molecule has 0 N–H and O–H groups in total. The minimum Gasteiger partial charge on any atom is -0.353 e. The van der Waals surface area contributed by atoms with Gasteiger partial charge in [0.2, 0.25) is 0 Å². The maximum Gasteiger partial charge on any atom is 0.141 e. The van der Waals surface area contributed by atoms with E-state index >= 15 is 0 Å². The molecule has 0 spiro atoms. The van der Waals surface area contributed by atoms with Crippen molar-refractivity contribution in [3.8, 4) is 12.1 Å². The van der Waals surface area contributed by atoms with Gasteiger partial charge < -0.3 is 4.57 Å². The third-order valence-corrected chi connectivity index (χ3v) is 2.88. The highest BCUT2D eigenvalue weighted by Gasteiger charge is 2.21. The highest BCUT2D eigenvalue weighted by molar-refractivity contribution is 5.47. The van der Waals surface area contributed by atoms with Crippen LogP contribution in [0.4, 0.5) is 4.39 Å². The van der Waals surface area contributed by atoms with Crippen LogP contribution in [0.3, 0.4) is 0 Å². The molecule has 0 bridgehead atoms. The largest absolute Gasteiger partial charge is 0.353 e. The lowest BCUT2D eigenvalue weighted by Crippen LogP contribution is -2.07. The van der Waals surface area contributed by atoms with Gasteiger partial charge in [0.1, 0.15) is 17.8 Å². The Kier molecular flexibility index (Phi) is 3.12. The molecule has 1 heterocycles. The van der Waals surface area contributed by atoms with Crippen molar-refractivity contribution in [2.45, 2.75) is 5.92 Å². The predicted molar refractivity (Wildman–Crippen MR) is 64.0 cm³/mol. The van der Waals surface area contributed by atoms with E-state index in [0.29, 0.717) is 5.56 Å². The average molecular weight is 239 g/mol. The molecule has 0 aliphatic rings. The number of aryl methyl sites for hydroxylation is 1. The molecule has 1 aromatic carbocycles. The van der Waals surface area contributed by atoms with Crippen LogP contribution in [0.25, 0.3) is 0 Å². The number of halogens is 1. The van der Waals surface area contributed by atoms with Crippen molar-refractivity contribution in [2.75, 3.05) is 0 Å². The first-order valence-electron chi connectivity index (χ1n) is 5.38. The fraction of sp³-hybridized carbons (Fsp3) is 0.143. The summed E-state index contributed by atoms with van der Waals surface area (Å²) < 4.78 is 15.3. The lowest BCUT2D eigenvalue weighted by atomic mass is 9.93. The van der Waals surface area contributed by atoms with Crippen molar-refractivity contribution in [1.82, 2.24) is 4.57 Å². The van der Waals surface area contributed by atoms with E-state index in [0.717, 1.165) is 5.69 Å². The normalized spacial score (nSPS) is 11.6. The summed E-state index contributed by atoms with van der Waals surface area (Å²) in [5.74, 6) is -1.24. The quantitative estimate of drug-likeness (QED) is 0.809. The Morgan fingerprint density at radius 2 is 2.00 bits per heavy atom. The van der Waals surface area contributed by atoms with Gasteiger partial charge in [-0.2, -0.15) is 10.5 Å². The first-order valence-corrected chi connectivity index (χ1v) is 5.38. The molecule has 1 aromatic heterocycles. The summed E-state index contributed by atoms with van der Waals surface area (Å²) in [5, 5.41) is 18.3. The zero-order chi connectivity index (χ0) is 13.1. The Bertz CT molecular complexity index is 658. The van der Waals surface area contributed by atoms with Gasteiger partial charge in [-0.05, 0) is 23.8 Å². The monoisotopic (exact) mass is 239 g/mol. The standard InChI is InChI=1S/C14H10FN3/c1-18-7-3-6-14(18)12(9-17)10-4-2-5-13(15)11(10)8-16/h2-7,12H,1H3/t12-/m0/s1. The number of benzene rings is 1. The van der Waals surface area contributed by atoms with E-state index in [4.69, 9.17) is 5.26 Å². The highest BCUT2D eigenvalue weighted by Crippen LogP contribution is 2.27. The summed E-state index contributed by atoms with van der Waals surface area (Å²) in [6, 6.07) is 11.9. The Balaban J connectivity index is 2.61. The molecule has 2 aromatic rings. The number of nitrogens with zero attached hydrogens (tertiary/aromatic N) is 3. The Morgan fingerprint density at radius 3 is 2.56 bits per heavy atom. The first-order chi connectivity index (χ1) is 8.69. The van der Waals surface area contributed by atoms with Gasteiger partial charge >= 0.3 is 0 Å². The van der Waals surface area contributed by atoms with Gasteiger partial charge in [0, 0.05) is 18.9 Å². The minimum absolute atomic E-state index is 0.0646. The maximum atomic E-state index is 13.6. The van der Waals surface area contributed by atoms with Crippen LogP contribution in [0.1, 0.15) is 22.7 Å². The highest BCUT2D eigenvalue weighted by atomic mass is 19.1. The molecule has 4 heteroatoms. The van der Waals surface area contributed by atoms with Crippen molar-refractivity contribution in [3.63, 3.8) is 0 Å². The van der Waals surface area contributed by atoms with Crippen LogP contribution in [0.5, 0.6) is 0 Å². The zero-order valence-corrected chi connectivity index (χ0v) is 9.76. The zero-order valence-electron chi connectivity index (χ0n) is 9.76. The van der Waals surface area contributed by atoms with Crippen molar-refractivity contribution in [3.05, 3.63) is 59.2 Å². The molecule has 0 saturated heterocycles. The first kappa shape index (κ1) is 11.9. The second kappa shape index (κ2) is 4.73. The van der Waals surface area contributed by atoms with Crippen molar-refractivity contribution in [2.24, 2.45) is 7.05 Å². The van der Waals surface area contributed by atoms with Crippen molar-refractivity contribution in [1.29, 1.82) is 10.5 Å². The van der Waals surface area contributed by atoms with E-state index in [1.807, 2.05) is 25.4 Å². The van der Waals surface area contributed by atoms with E-state index in [2.05, 4.69) is 6.07 Å². The molecular formula is C14H10FN3. The molecule has 0 aliphatic carbocycles. The van der Waals surface area contributed by atoms with E-state index in [1.54, 1.807) is 16.7 Å². The van der Waals surface area contributed by atoms with Gasteiger partial charge in [-0.25, -0.2) is 4.39 Å². The molecule has 1 atom stereocenters. The van der Waals surface area contributed by atoms with Crippen LogP contribution in [0, 0.1) is 28.5 Å². The number of hydrogen-bond acceptors (Lipinski definition) is 2. The fourth-order valence-electron chi connectivity index (χ4n) is 1.97. The van der Waals surface area contributed by atoms with Crippen LogP contribution in [0.15, 0.2) is 36.5 Å². The minimum atomic E-state index is -0.643. The lowest BCUT2D eigenvalue weighted by Gasteiger charge is -2.12. The molecule has 0 fully saturated rings. The third kappa shape index (κ3) is 1.85. The molecule has 0 aliphatic heterocycles. The molecule has 2 rings (SSSR count). The number of aromatic nitrogens is 1. The van der Waals surface area contributed by atoms with Gasteiger partial charge in [0.25, 0.3) is 0 Å². The second-order valence-corrected chi connectivity index (χ2v) is 3.92. The van der Waals surface area contributed by atoms with Gasteiger partial charge in [0.05, 0.1) is 11.6 Å². The lowest BCUT2D eigenvalue weighted by molar-refractivity contribution is 0.620. The van der Waals surface area contributed by atoms with Gasteiger partial charge in [0.15, 0.2) is 0 Å². The van der Waals surface area contributed by atoms with Crippen LogP contribution in [-0.2, 0) is 7.05 Å². The van der Waals surface area contributed by atoms with E-state index in [1.165, 1.54) is 12.1 Å². The summed E-state index contributed by atoms with van der Waals surface area (Å²) in [6.07, 6.45) is 1.81. The molecule has 0 radical (unpaired) electrons. The summed E-state index contributed by atoms with van der Waals surface area (Å²) >= 11 is 0. The van der Waals surface area contributed by atoms with E-state index in [-0.39, 0.29) is 5.56 Å². The van der Waals surface area contributed by atoms with Gasteiger partial charge in [-0.1, -0.05) is 12.1 Å².